The summed E-state index contributed by atoms with van der Waals surface area (Å²) in [6.45, 7) is 2.35. The molecule has 2 N–H and O–H groups in total. The van der Waals surface area contributed by atoms with Gasteiger partial charge in [-0.25, -0.2) is 13.6 Å². The SMILES string of the molecule is Cc1ccc(N2CC(CS(N)(=O)=O)CC2=O)c(Br)c1. The predicted octanol–water partition coefficient (Wildman–Crippen LogP) is 1.40. The smallest absolute Gasteiger partial charge is 0.227 e. The van der Waals surface area contributed by atoms with Gasteiger partial charge in [0.25, 0.3) is 0 Å². The maximum atomic E-state index is 12.0. The summed E-state index contributed by atoms with van der Waals surface area (Å²) in [5.74, 6) is -0.465. The summed E-state index contributed by atoms with van der Waals surface area (Å²) < 4.78 is 23.0. The molecular weight excluding hydrogens is 332 g/mol. The molecule has 0 radical (unpaired) electrons. The zero-order valence-corrected chi connectivity index (χ0v) is 12.9. The first-order chi connectivity index (χ1) is 8.76. The molecule has 2 rings (SSSR count). The van der Waals surface area contributed by atoms with E-state index < -0.39 is 10.0 Å². The van der Waals surface area contributed by atoms with Gasteiger partial charge in [0.1, 0.15) is 0 Å². The van der Waals surface area contributed by atoms with Crippen LogP contribution in [0.5, 0.6) is 0 Å². The van der Waals surface area contributed by atoms with Crippen molar-refractivity contribution in [2.24, 2.45) is 11.1 Å². The maximum Gasteiger partial charge on any atom is 0.227 e. The Balaban J connectivity index is 2.20. The molecule has 1 saturated heterocycles. The van der Waals surface area contributed by atoms with Crippen LogP contribution in [0, 0.1) is 12.8 Å². The Labute approximate surface area is 121 Å². The lowest BCUT2D eigenvalue weighted by atomic mass is 10.1. The first kappa shape index (κ1) is 14.5. The quantitative estimate of drug-likeness (QED) is 0.898. The summed E-state index contributed by atoms with van der Waals surface area (Å²) in [6.07, 6.45) is 0.219. The number of anilines is 1. The number of carbonyl (C=O) groups is 1. The fourth-order valence-corrected chi connectivity index (χ4v) is 3.87. The Morgan fingerprint density at radius 3 is 2.74 bits per heavy atom. The molecular formula is C12H15BrN2O3S. The maximum absolute atomic E-state index is 12.0. The molecule has 1 unspecified atom stereocenters. The molecule has 0 bridgehead atoms. The number of nitrogens with two attached hydrogens (primary N) is 1. The normalized spacial score (nSPS) is 20.1. The predicted molar refractivity (Wildman–Crippen MR) is 77.3 cm³/mol. The molecule has 1 heterocycles. The minimum Gasteiger partial charge on any atom is -0.311 e. The highest BCUT2D eigenvalue weighted by molar-refractivity contribution is 9.10. The Kier molecular flexibility index (Phi) is 3.98. The molecule has 1 aromatic rings. The van der Waals surface area contributed by atoms with Crippen molar-refractivity contribution in [3.05, 3.63) is 28.2 Å². The summed E-state index contributed by atoms with van der Waals surface area (Å²) in [7, 11) is -3.54. The van der Waals surface area contributed by atoms with Crippen LogP contribution in [0.15, 0.2) is 22.7 Å². The fraction of sp³-hybridized carbons (Fsp3) is 0.417. The van der Waals surface area contributed by atoms with Gasteiger partial charge in [0, 0.05) is 23.4 Å². The number of aryl methyl sites for hydroxylation is 1. The van der Waals surface area contributed by atoms with E-state index in [9.17, 15) is 13.2 Å². The number of carbonyl (C=O) groups excluding carboxylic acids is 1. The molecule has 0 aromatic heterocycles. The molecule has 7 heteroatoms. The van der Waals surface area contributed by atoms with Crippen molar-refractivity contribution in [1.82, 2.24) is 0 Å². The van der Waals surface area contributed by atoms with Gasteiger partial charge < -0.3 is 4.90 Å². The van der Waals surface area contributed by atoms with E-state index in [0.717, 1.165) is 15.7 Å². The van der Waals surface area contributed by atoms with Crippen LogP contribution < -0.4 is 10.0 Å². The second-order valence-electron chi connectivity index (χ2n) is 4.86. The van der Waals surface area contributed by atoms with Gasteiger partial charge in [0.05, 0.1) is 11.4 Å². The van der Waals surface area contributed by atoms with Gasteiger partial charge >= 0.3 is 0 Å². The van der Waals surface area contributed by atoms with Gasteiger partial charge in [-0.3, -0.25) is 4.79 Å². The molecule has 1 aromatic carbocycles. The Bertz CT molecular complexity index is 615. The molecule has 1 aliphatic rings. The molecule has 19 heavy (non-hydrogen) atoms. The van der Waals surface area contributed by atoms with Gasteiger partial charge in [-0.05, 0) is 40.5 Å². The molecule has 5 nitrogen and oxygen atoms in total. The van der Waals surface area contributed by atoms with Crippen molar-refractivity contribution >= 4 is 37.5 Å². The monoisotopic (exact) mass is 346 g/mol. The standard InChI is InChI=1S/C12H15BrN2O3S/c1-8-2-3-11(10(13)4-8)15-6-9(5-12(15)16)7-19(14,17)18/h2-4,9H,5-7H2,1H3,(H2,14,17,18). The van der Waals surface area contributed by atoms with Crippen LogP contribution in [0.1, 0.15) is 12.0 Å². The van der Waals surface area contributed by atoms with E-state index in [-0.39, 0.29) is 24.0 Å². The molecule has 1 atom stereocenters. The van der Waals surface area contributed by atoms with Crippen LogP contribution in [-0.2, 0) is 14.8 Å². The minimum atomic E-state index is -3.54. The summed E-state index contributed by atoms with van der Waals surface area (Å²) in [5.41, 5.74) is 1.86. The summed E-state index contributed by atoms with van der Waals surface area (Å²) in [4.78, 5) is 13.6. The highest BCUT2D eigenvalue weighted by Gasteiger charge is 2.33. The number of nitrogens with zero attached hydrogens (tertiary/aromatic N) is 1. The lowest BCUT2D eigenvalue weighted by Gasteiger charge is -2.18. The third kappa shape index (κ3) is 3.55. The molecule has 0 spiro atoms. The van der Waals surface area contributed by atoms with Gasteiger partial charge in [-0.2, -0.15) is 0 Å². The Hall–Kier alpha value is -0.920. The van der Waals surface area contributed by atoms with E-state index in [1.165, 1.54) is 0 Å². The van der Waals surface area contributed by atoms with E-state index in [1.807, 2.05) is 25.1 Å². The number of benzene rings is 1. The first-order valence-corrected chi connectivity index (χ1v) is 8.34. The lowest BCUT2D eigenvalue weighted by Crippen LogP contribution is -2.27. The van der Waals surface area contributed by atoms with Crippen molar-refractivity contribution in [3.8, 4) is 0 Å². The largest absolute Gasteiger partial charge is 0.311 e. The van der Waals surface area contributed by atoms with Crippen LogP contribution in [0.3, 0.4) is 0 Å². The molecule has 0 aliphatic carbocycles. The van der Waals surface area contributed by atoms with Crippen LogP contribution in [0.25, 0.3) is 0 Å². The first-order valence-electron chi connectivity index (χ1n) is 5.83. The Morgan fingerprint density at radius 2 is 2.16 bits per heavy atom. The van der Waals surface area contributed by atoms with Crippen molar-refractivity contribution in [2.45, 2.75) is 13.3 Å². The number of primary sulfonamides is 1. The van der Waals surface area contributed by atoms with E-state index in [2.05, 4.69) is 15.9 Å². The molecule has 1 fully saturated rings. The summed E-state index contributed by atoms with van der Waals surface area (Å²) in [6, 6.07) is 5.70. The number of hydrogen-bond donors (Lipinski definition) is 1. The van der Waals surface area contributed by atoms with Gasteiger partial charge in [-0.15, -0.1) is 0 Å². The van der Waals surface area contributed by atoms with E-state index in [0.29, 0.717) is 6.54 Å². The number of rotatable bonds is 3. The molecule has 1 aliphatic heterocycles. The second kappa shape index (κ2) is 5.22. The highest BCUT2D eigenvalue weighted by atomic mass is 79.9. The number of halogens is 1. The minimum absolute atomic E-state index is 0.0711. The zero-order chi connectivity index (χ0) is 14.2. The van der Waals surface area contributed by atoms with Gasteiger partial charge in [0.15, 0.2) is 0 Å². The third-order valence-corrected chi connectivity index (χ3v) is 4.64. The van der Waals surface area contributed by atoms with Crippen LogP contribution in [-0.4, -0.2) is 26.6 Å². The van der Waals surface area contributed by atoms with Crippen LogP contribution in [0.2, 0.25) is 0 Å². The average molecular weight is 347 g/mol. The van der Waals surface area contributed by atoms with Crippen molar-refractivity contribution in [1.29, 1.82) is 0 Å². The van der Waals surface area contributed by atoms with Gasteiger partial charge in [0.2, 0.25) is 15.9 Å². The van der Waals surface area contributed by atoms with E-state index in [1.54, 1.807) is 4.90 Å². The summed E-state index contributed by atoms with van der Waals surface area (Å²) >= 11 is 3.43. The molecule has 1 amide bonds. The molecule has 104 valence electrons. The third-order valence-electron chi connectivity index (χ3n) is 3.07. The van der Waals surface area contributed by atoms with E-state index in [4.69, 9.17) is 5.14 Å². The molecule has 0 saturated carbocycles. The second-order valence-corrected chi connectivity index (χ2v) is 7.37. The zero-order valence-electron chi connectivity index (χ0n) is 10.5. The van der Waals surface area contributed by atoms with Crippen molar-refractivity contribution in [3.63, 3.8) is 0 Å². The summed E-state index contributed by atoms with van der Waals surface area (Å²) in [5, 5.41) is 5.03. The van der Waals surface area contributed by atoms with Gasteiger partial charge in [-0.1, -0.05) is 6.07 Å². The number of sulfonamides is 1. The van der Waals surface area contributed by atoms with E-state index >= 15 is 0 Å². The van der Waals surface area contributed by atoms with Crippen LogP contribution in [0.4, 0.5) is 5.69 Å². The fourth-order valence-electron chi connectivity index (χ4n) is 2.29. The number of hydrogen-bond acceptors (Lipinski definition) is 3. The highest BCUT2D eigenvalue weighted by Crippen LogP contribution is 2.32. The van der Waals surface area contributed by atoms with Crippen molar-refractivity contribution < 1.29 is 13.2 Å². The average Bonchev–Trinajstić information content (AvgIpc) is 2.56. The number of amides is 1. The topological polar surface area (TPSA) is 80.5 Å². The lowest BCUT2D eigenvalue weighted by molar-refractivity contribution is -0.117. The Morgan fingerprint density at radius 1 is 1.47 bits per heavy atom. The van der Waals surface area contributed by atoms with Crippen LogP contribution >= 0.6 is 15.9 Å². The van der Waals surface area contributed by atoms with Crippen molar-refractivity contribution in [2.75, 3.05) is 17.2 Å².